The second-order valence-electron chi connectivity index (χ2n) is 9.66. The lowest BCUT2D eigenvalue weighted by Gasteiger charge is -2.21. The topological polar surface area (TPSA) is 85.2 Å². The predicted octanol–water partition coefficient (Wildman–Crippen LogP) is 5.20. The maximum Gasteiger partial charge on any atom is 0.306 e. The van der Waals surface area contributed by atoms with Crippen molar-refractivity contribution in [2.45, 2.75) is 76.8 Å². The molecule has 6 nitrogen and oxygen atoms in total. The van der Waals surface area contributed by atoms with Crippen LogP contribution in [0.3, 0.4) is 0 Å². The van der Waals surface area contributed by atoms with Gasteiger partial charge in [0.05, 0.1) is 18.3 Å². The summed E-state index contributed by atoms with van der Waals surface area (Å²) in [6, 6.07) is 4.90. The van der Waals surface area contributed by atoms with E-state index in [9.17, 15) is 15.0 Å². The zero-order chi connectivity index (χ0) is 24.7. The SMILES string of the molecule is CC(C)OC(=O)CCC[C@H]1CC[C@@H]2[C@@H](/C=C/[C@@H](O)COc3cc(Cl)cc(Cl)c3)[C@H](O)C[C@@H]2OC1. The summed E-state index contributed by atoms with van der Waals surface area (Å²) < 4.78 is 17.0. The molecule has 3 rings (SSSR count). The molecule has 1 aromatic carbocycles. The molecule has 34 heavy (non-hydrogen) atoms. The molecule has 0 radical (unpaired) electrons. The molecular weight excluding hydrogens is 479 g/mol. The van der Waals surface area contributed by atoms with Gasteiger partial charge in [0.15, 0.2) is 0 Å². The molecule has 1 aliphatic heterocycles. The number of aliphatic hydroxyl groups is 2. The molecule has 1 heterocycles. The third-order valence-electron chi connectivity index (χ3n) is 6.52. The van der Waals surface area contributed by atoms with Crippen LogP contribution in [0.1, 0.15) is 52.4 Å². The van der Waals surface area contributed by atoms with E-state index in [0.717, 1.165) is 25.7 Å². The second-order valence-corrected chi connectivity index (χ2v) is 10.5. The maximum atomic E-state index is 11.8. The minimum atomic E-state index is -0.825. The Kier molecular flexibility index (Phi) is 10.5. The van der Waals surface area contributed by atoms with Gasteiger partial charge in [-0.2, -0.15) is 0 Å². The number of hydrogen-bond donors (Lipinski definition) is 2. The van der Waals surface area contributed by atoms with E-state index in [0.29, 0.717) is 41.2 Å². The Hall–Kier alpha value is -1.31. The normalized spacial score (nSPS) is 28.0. The van der Waals surface area contributed by atoms with Gasteiger partial charge in [-0.25, -0.2) is 0 Å². The zero-order valence-electron chi connectivity index (χ0n) is 19.9. The Balaban J connectivity index is 1.46. The summed E-state index contributed by atoms with van der Waals surface area (Å²) in [6.07, 6.45) is 6.92. The predicted molar refractivity (Wildman–Crippen MR) is 132 cm³/mol. The summed E-state index contributed by atoms with van der Waals surface area (Å²) in [4.78, 5) is 11.8. The summed E-state index contributed by atoms with van der Waals surface area (Å²) in [5.41, 5.74) is 0. The number of benzene rings is 1. The van der Waals surface area contributed by atoms with E-state index in [1.165, 1.54) is 0 Å². The number of carbonyl (C=O) groups excluding carboxylic acids is 1. The van der Waals surface area contributed by atoms with Gasteiger partial charge in [-0.15, -0.1) is 0 Å². The molecule has 0 amide bonds. The number of esters is 1. The van der Waals surface area contributed by atoms with Gasteiger partial charge >= 0.3 is 5.97 Å². The van der Waals surface area contributed by atoms with Crippen LogP contribution in [0, 0.1) is 17.8 Å². The lowest BCUT2D eigenvalue weighted by Crippen LogP contribution is -2.22. The van der Waals surface area contributed by atoms with Gasteiger partial charge in [0.2, 0.25) is 0 Å². The van der Waals surface area contributed by atoms with Crippen LogP contribution in [0.2, 0.25) is 10.0 Å². The second kappa shape index (κ2) is 13.1. The molecule has 1 saturated heterocycles. The highest BCUT2D eigenvalue weighted by atomic mass is 35.5. The number of carbonyl (C=O) groups is 1. The molecule has 0 bridgehead atoms. The first kappa shape index (κ1) is 27.3. The molecule has 1 saturated carbocycles. The lowest BCUT2D eigenvalue weighted by molar-refractivity contribution is -0.147. The third kappa shape index (κ3) is 8.42. The summed E-state index contributed by atoms with van der Waals surface area (Å²) >= 11 is 12.0. The standard InChI is InChI=1S/C26H36Cl2O6/c1-16(2)34-26(31)5-3-4-17-6-8-23-22(24(30)13-25(23)33-14-17)9-7-20(29)15-32-21-11-18(27)10-19(28)12-21/h7,9-12,16-17,20,22-25,29-30H,3-6,8,13-15H2,1-2H3/b9-7+/t17-,20+,22+,23+,24+,25-/m0/s1. The number of hydrogen-bond acceptors (Lipinski definition) is 6. The highest BCUT2D eigenvalue weighted by Crippen LogP contribution is 2.42. The monoisotopic (exact) mass is 514 g/mol. The Labute approximate surface area is 212 Å². The van der Waals surface area contributed by atoms with Crippen molar-refractivity contribution in [3.63, 3.8) is 0 Å². The van der Waals surface area contributed by atoms with Gasteiger partial charge in [0.1, 0.15) is 18.5 Å². The molecule has 0 unspecified atom stereocenters. The Morgan fingerprint density at radius 1 is 1.24 bits per heavy atom. The van der Waals surface area contributed by atoms with Crippen molar-refractivity contribution in [2.75, 3.05) is 13.2 Å². The summed E-state index contributed by atoms with van der Waals surface area (Å²) in [7, 11) is 0. The van der Waals surface area contributed by atoms with Crippen molar-refractivity contribution in [1.29, 1.82) is 0 Å². The molecule has 2 fully saturated rings. The van der Waals surface area contributed by atoms with E-state index in [-0.39, 0.29) is 36.6 Å². The van der Waals surface area contributed by atoms with E-state index in [1.54, 1.807) is 24.3 Å². The Morgan fingerprint density at radius 3 is 2.68 bits per heavy atom. The van der Waals surface area contributed by atoms with Crippen molar-refractivity contribution >= 4 is 29.2 Å². The highest BCUT2D eigenvalue weighted by molar-refractivity contribution is 6.34. The van der Waals surface area contributed by atoms with E-state index < -0.39 is 12.2 Å². The van der Waals surface area contributed by atoms with Gasteiger partial charge in [-0.1, -0.05) is 35.4 Å². The number of aliphatic hydroxyl groups excluding tert-OH is 2. The first-order chi connectivity index (χ1) is 16.2. The van der Waals surface area contributed by atoms with Crippen LogP contribution in [-0.2, 0) is 14.3 Å². The molecule has 1 aliphatic carbocycles. The fourth-order valence-electron chi connectivity index (χ4n) is 4.91. The van der Waals surface area contributed by atoms with E-state index in [1.807, 2.05) is 19.9 Å². The number of fused-ring (bicyclic) bond motifs is 1. The maximum absolute atomic E-state index is 11.8. The van der Waals surface area contributed by atoms with Crippen LogP contribution in [0.25, 0.3) is 0 Å². The molecule has 0 spiro atoms. The lowest BCUT2D eigenvalue weighted by atomic mass is 9.86. The van der Waals surface area contributed by atoms with Gasteiger partial charge in [-0.3, -0.25) is 4.79 Å². The Bertz CT molecular complexity index is 809. The van der Waals surface area contributed by atoms with Gasteiger partial charge in [0, 0.05) is 35.4 Å². The van der Waals surface area contributed by atoms with Crippen LogP contribution in [-0.4, -0.2) is 53.8 Å². The summed E-state index contributed by atoms with van der Waals surface area (Å²) in [5, 5.41) is 21.9. The van der Waals surface area contributed by atoms with Crippen LogP contribution in [0.15, 0.2) is 30.4 Å². The minimum absolute atomic E-state index is 0.0163. The quantitative estimate of drug-likeness (QED) is 0.329. The summed E-state index contributed by atoms with van der Waals surface area (Å²) in [6.45, 7) is 4.43. The molecule has 0 aromatic heterocycles. The van der Waals surface area contributed by atoms with Crippen LogP contribution >= 0.6 is 23.2 Å². The van der Waals surface area contributed by atoms with Gasteiger partial charge in [-0.05, 0) is 69.6 Å². The molecule has 8 heteroatoms. The van der Waals surface area contributed by atoms with Crippen LogP contribution < -0.4 is 4.74 Å². The van der Waals surface area contributed by atoms with E-state index in [2.05, 4.69) is 0 Å². The van der Waals surface area contributed by atoms with Crippen LogP contribution in [0.4, 0.5) is 0 Å². The molecule has 190 valence electrons. The average molecular weight is 515 g/mol. The first-order valence-corrected chi connectivity index (χ1v) is 12.9. The van der Waals surface area contributed by atoms with Crippen molar-refractivity contribution in [2.24, 2.45) is 17.8 Å². The molecule has 2 N–H and O–H groups in total. The fourth-order valence-corrected chi connectivity index (χ4v) is 5.41. The van der Waals surface area contributed by atoms with Gasteiger partial charge < -0.3 is 24.4 Å². The van der Waals surface area contributed by atoms with Gasteiger partial charge in [0.25, 0.3) is 0 Å². The molecular formula is C26H36Cl2O6. The van der Waals surface area contributed by atoms with Crippen LogP contribution in [0.5, 0.6) is 5.75 Å². The molecule has 1 aromatic rings. The van der Waals surface area contributed by atoms with Crippen molar-refractivity contribution in [3.05, 3.63) is 40.4 Å². The highest BCUT2D eigenvalue weighted by Gasteiger charge is 2.43. The van der Waals surface area contributed by atoms with Crippen molar-refractivity contribution < 1.29 is 29.2 Å². The molecule has 2 aliphatic rings. The number of ether oxygens (including phenoxy) is 3. The third-order valence-corrected chi connectivity index (χ3v) is 6.95. The molecule has 6 atom stereocenters. The zero-order valence-corrected chi connectivity index (χ0v) is 21.4. The van der Waals surface area contributed by atoms with Crippen molar-refractivity contribution in [3.8, 4) is 5.75 Å². The Morgan fingerprint density at radius 2 is 1.97 bits per heavy atom. The van der Waals surface area contributed by atoms with E-state index in [4.69, 9.17) is 37.4 Å². The minimum Gasteiger partial charge on any atom is -0.490 e. The number of rotatable bonds is 10. The number of halogens is 2. The fraction of sp³-hybridized carbons (Fsp3) is 0.654. The average Bonchev–Trinajstić information content (AvgIpc) is 2.91. The smallest absolute Gasteiger partial charge is 0.306 e. The first-order valence-electron chi connectivity index (χ1n) is 12.2. The van der Waals surface area contributed by atoms with Crippen molar-refractivity contribution in [1.82, 2.24) is 0 Å². The largest absolute Gasteiger partial charge is 0.490 e. The van der Waals surface area contributed by atoms with E-state index >= 15 is 0 Å². The summed E-state index contributed by atoms with van der Waals surface area (Å²) in [5.74, 6) is 0.895.